The summed E-state index contributed by atoms with van der Waals surface area (Å²) in [4.78, 5) is 0. The maximum atomic E-state index is 5.70. The smallest absolute Gasteiger partial charge is 0.119 e. The molecule has 0 fully saturated rings. The average molecular weight is 307 g/mol. The molecule has 0 bridgehead atoms. The lowest BCUT2D eigenvalue weighted by Crippen LogP contribution is -2.00. The molecule has 118 valence electrons. The molecule has 0 spiro atoms. The highest BCUT2D eigenvalue weighted by Crippen LogP contribution is 2.23. The number of unbranched alkanes of at least 4 members (excludes halogenated alkanes) is 1. The Kier molecular flexibility index (Phi) is 4.71. The lowest BCUT2D eigenvalue weighted by atomic mass is 10.1. The van der Waals surface area contributed by atoms with E-state index in [4.69, 9.17) is 4.74 Å². The number of hydrogen-bond acceptors (Lipinski definition) is 3. The first-order valence-corrected chi connectivity index (χ1v) is 8.00. The van der Waals surface area contributed by atoms with Gasteiger partial charge in [0.1, 0.15) is 11.4 Å². The van der Waals surface area contributed by atoms with Gasteiger partial charge >= 0.3 is 0 Å². The minimum Gasteiger partial charge on any atom is -0.494 e. The average Bonchev–Trinajstić information content (AvgIpc) is 2.98. The molecule has 0 N–H and O–H groups in total. The second-order valence-electron chi connectivity index (χ2n) is 5.50. The number of rotatable bonds is 6. The number of hydrogen-bond donors (Lipinski definition) is 0. The van der Waals surface area contributed by atoms with Crippen LogP contribution in [-0.2, 0) is 0 Å². The molecular weight excluding hydrogens is 286 g/mol. The van der Waals surface area contributed by atoms with Crippen LogP contribution in [0.5, 0.6) is 5.75 Å². The van der Waals surface area contributed by atoms with Gasteiger partial charge in [-0.15, -0.1) is 5.10 Å². The first-order valence-electron chi connectivity index (χ1n) is 8.00. The summed E-state index contributed by atoms with van der Waals surface area (Å²) < 4.78 is 7.56. The van der Waals surface area contributed by atoms with Crippen LogP contribution in [0.4, 0.5) is 0 Å². The highest BCUT2D eigenvalue weighted by atomic mass is 16.5. The molecule has 23 heavy (non-hydrogen) atoms. The van der Waals surface area contributed by atoms with Gasteiger partial charge in [0, 0.05) is 5.56 Å². The van der Waals surface area contributed by atoms with Gasteiger partial charge in [0.2, 0.25) is 0 Å². The van der Waals surface area contributed by atoms with Crippen molar-refractivity contribution in [3.05, 3.63) is 60.3 Å². The maximum absolute atomic E-state index is 5.70. The fraction of sp³-hybridized carbons (Fsp3) is 0.263. The van der Waals surface area contributed by atoms with Crippen LogP contribution in [0.25, 0.3) is 16.9 Å². The summed E-state index contributed by atoms with van der Waals surface area (Å²) in [6, 6.07) is 18.1. The third kappa shape index (κ3) is 3.42. The molecule has 0 aliphatic heterocycles. The van der Waals surface area contributed by atoms with Crippen molar-refractivity contribution in [3.63, 3.8) is 0 Å². The van der Waals surface area contributed by atoms with Gasteiger partial charge in [0.25, 0.3) is 0 Å². The first kappa shape index (κ1) is 15.3. The second kappa shape index (κ2) is 7.09. The van der Waals surface area contributed by atoms with E-state index >= 15 is 0 Å². The number of aromatic nitrogens is 3. The van der Waals surface area contributed by atoms with Gasteiger partial charge in [-0.1, -0.05) is 48.9 Å². The van der Waals surface area contributed by atoms with Crippen LogP contribution in [0, 0.1) is 6.92 Å². The SMILES string of the molecule is CCCCOc1ccc(-n2nnc(-c3ccccc3)c2C)cc1. The Hall–Kier alpha value is -2.62. The monoisotopic (exact) mass is 307 g/mol. The molecule has 0 aliphatic carbocycles. The fourth-order valence-electron chi connectivity index (χ4n) is 2.46. The molecule has 0 amide bonds. The molecule has 0 saturated heterocycles. The Morgan fingerprint density at radius 3 is 2.43 bits per heavy atom. The van der Waals surface area contributed by atoms with Crippen LogP contribution in [0.2, 0.25) is 0 Å². The molecule has 0 saturated carbocycles. The zero-order chi connectivity index (χ0) is 16.1. The number of nitrogens with zero attached hydrogens (tertiary/aromatic N) is 3. The number of ether oxygens (including phenoxy) is 1. The van der Waals surface area contributed by atoms with Crippen molar-refractivity contribution in [1.29, 1.82) is 0 Å². The quantitative estimate of drug-likeness (QED) is 0.633. The second-order valence-corrected chi connectivity index (χ2v) is 5.50. The van der Waals surface area contributed by atoms with E-state index in [0.717, 1.165) is 47.8 Å². The molecule has 3 aromatic rings. The third-order valence-corrected chi connectivity index (χ3v) is 3.79. The van der Waals surface area contributed by atoms with E-state index in [1.165, 1.54) is 0 Å². The van der Waals surface area contributed by atoms with Crippen molar-refractivity contribution in [2.45, 2.75) is 26.7 Å². The lowest BCUT2D eigenvalue weighted by Gasteiger charge is -2.07. The van der Waals surface area contributed by atoms with Crippen LogP contribution in [-0.4, -0.2) is 21.6 Å². The largest absolute Gasteiger partial charge is 0.494 e. The summed E-state index contributed by atoms with van der Waals surface area (Å²) in [7, 11) is 0. The third-order valence-electron chi connectivity index (χ3n) is 3.79. The van der Waals surface area contributed by atoms with Crippen LogP contribution < -0.4 is 4.74 Å². The Morgan fingerprint density at radius 2 is 1.74 bits per heavy atom. The Morgan fingerprint density at radius 1 is 1.00 bits per heavy atom. The van der Waals surface area contributed by atoms with Crippen molar-refractivity contribution in [3.8, 4) is 22.7 Å². The van der Waals surface area contributed by atoms with Crippen molar-refractivity contribution in [2.24, 2.45) is 0 Å². The van der Waals surface area contributed by atoms with Gasteiger partial charge in [-0.25, -0.2) is 4.68 Å². The molecule has 1 heterocycles. The van der Waals surface area contributed by atoms with Crippen LogP contribution in [0.1, 0.15) is 25.5 Å². The molecule has 0 atom stereocenters. The normalized spacial score (nSPS) is 10.7. The summed E-state index contributed by atoms with van der Waals surface area (Å²) in [6.45, 7) is 4.95. The standard InChI is InChI=1S/C19H21N3O/c1-3-4-14-23-18-12-10-17(11-13-18)22-15(2)19(20-21-22)16-8-6-5-7-9-16/h5-13H,3-4,14H2,1-2H3. The summed E-state index contributed by atoms with van der Waals surface area (Å²) in [6.07, 6.45) is 2.21. The van der Waals surface area contributed by atoms with E-state index in [2.05, 4.69) is 17.2 Å². The topological polar surface area (TPSA) is 39.9 Å². The first-order chi connectivity index (χ1) is 11.3. The van der Waals surface area contributed by atoms with Crippen molar-refractivity contribution < 1.29 is 4.74 Å². The molecule has 1 aromatic heterocycles. The van der Waals surface area contributed by atoms with Gasteiger partial charge in [0.15, 0.2) is 0 Å². The molecule has 0 radical (unpaired) electrons. The number of benzene rings is 2. The van der Waals surface area contributed by atoms with E-state index in [9.17, 15) is 0 Å². The molecule has 0 unspecified atom stereocenters. The van der Waals surface area contributed by atoms with Crippen molar-refractivity contribution >= 4 is 0 Å². The molecule has 3 rings (SSSR count). The Balaban J connectivity index is 1.81. The van der Waals surface area contributed by atoms with Gasteiger partial charge in [0.05, 0.1) is 18.0 Å². The predicted molar refractivity (Wildman–Crippen MR) is 91.9 cm³/mol. The van der Waals surface area contributed by atoms with Gasteiger partial charge in [-0.05, 0) is 37.6 Å². The minimum atomic E-state index is 0.760. The zero-order valence-electron chi connectivity index (χ0n) is 13.6. The summed E-state index contributed by atoms with van der Waals surface area (Å²) in [5.74, 6) is 0.892. The molecular formula is C19H21N3O. The Labute approximate surface area is 136 Å². The van der Waals surface area contributed by atoms with E-state index in [0.29, 0.717) is 0 Å². The summed E-state index contributed by atoms with van der Waals surface area (Å²) in [5.41, 5.74) is 4.00. The van der Waals surface area contributed by atoms with Crippen molar-refractivity contribution in [1.82, 2.24) is 15.0 Å². The lowest BCUT2D eigenvalue weighted by molar-refractivity contribution is 0.309. The summed E-state index contributed by atoms with van der Waals surface area (Å²) >= 11 is 0. The van der Waals surface area contributed by atoms with Gasteiger partial charge < -0.3 is 4.74 Å². The van der Waals surface area contributed by atoms with Crippen LogP contribution in [0.3, 0.4) is 0 Å². The predicted octanol–water partition coefficient (Wildman–Crippen LogP) is 4.42. The highest BCUT2D eigenvalue weighted by Gasteiger charge is 2.11. The zero-order valence-corrected chi connectivity index (χ0v) is 13.6. The molecule has 0 aliphatic rings. The van der Waals surface area contributed by atoms with Gasteiger partial charge in [-0.2, -0.15) is 0 Å². The van der Waals surface area contributed by atoms with Gasteiger partial charge in [-0.3, -0.25) is 0 Å². The molecule has 4 nitrogen and oxygen atoms in total. The fourth-order valence-corrected chi connectivity index (χ4v) is 2.46. The van der Waals surface area contributed by atoms with Crippen molar-refractivity contribution in [2.75, 3.05) is 6.61 Å². The van der Waals surface area contributed by atoms with Crippen LogP contribution in [0.15, 0.2) is 54.6 Å². The van der Waals surface area contributed by atoms with Crippen LogP contribution >= 0.6 is 0 Å². The Bertz CT molecular complexity index is 748. The van der Waals surface area contributed by atoms with E-state index in [1.54, 1.807) is 0 Å². The highest BCUT2D eigenvalue weighted by molar-refractivity contribution is 5.61. The molecule has 4 heteroatoms. The van der Waals surface area contributed by atoms with E-state index in [-0.39, 0.29) is 0 Å². The summed E-state index contributed by atoms with van der Waals surface area (Å²) in [5, 5.41) is 8.62. The molecule has 2 aromatic carbocycles. The van der Waals surface area contributed by atoms with E-state index in [1.807, 2.05) is 66.2 Å². The minimum absolute atomic E-state index is 0.760. The van der Waals surface area contributed by atoms with E-state index < -0.39 is 0 Å². The maximum Gasteiger partial charge on any atom is 0.119 e.